The van der Waals surface area contributed by atoms with Gasteiger partial charge in [0.1, 0.15) is 4.11 Å². The van der Waals surface area contributed by atoms with Gasteiger partial charge in [-0.2, -0.15) is 0 Å². The second kappa shape index (κ2) is 6.19. The monoisotopic (exact) mass is 302 g/mol. The number of benzene rings is 1. The molecule has 0 spiro atoms. The van der Waals surface area contributed by atoms with Crippen molar-refractivity contribution >= 4 is 28.7 Å². The molecule has 0 radical (unpaired) electrons. The highest BCUT2D eigenvalue weighted by molar-refractivity contribution is 14.1. The van der Waals surface area contributed by atoms with Crippen LogP contribution in [-0.2, 0) is 11.2 Å². The third-order valence-electron chi connectivity index (χ3n) is 2.13. The normalized spacial score (nSPS) is 12.4. The summed E-state index contributed by atoms with van der Waals surface area (Å²) in [7, 11) is 1.75. The fraction of sp³-hybridized carbons (Fsp3) is 0.333. The van der Waals surface area contributed by atoms with Crippen LogP contribution in [0.25, 0.3) is 6.08 Å². The first-order chi connectivity index (χ1) is 6.76. The van der Waals surface area contributed by atoms with E-state index in [0.29, 0.717) is 4.11 Å². The van der Waals surface area contributed by atoms with Crippen LogP contribution < -0.4 is 0 Å². The smallest absolute Gasteiger partial charge is 0.108 e. The largest absolute Gasteiger partial charge is 0.371 e. The third kappa shape index (κ3) is 3.80. The molecule has 1 atom stereocenters. The number of hydrogen-bond donors (Lipinski definition) is 0. The molecule has 0 saturated heterocycles. The summed E-state index contributed by atoms with van der Waals surface area (Å²) in [5.74, 6) is 0. The molecule has 14 heavy (non-hydrogen) atoms. The molecule has 1 rings (SSSR count). The Morgan fingerprint density at radius 2 is 2.07 bits per heavy atom. The fourth-order valence-corrected chi connectivity index (χ4v) is 1.53. The Bertz CT molecular complexity index is 279. The first kappa shape index (κ1) is 11.7. The van der Waals surface area contributed by atoms with Crippen LogP contribution >= 0.6 is 22.6 Å². The Kier molecular flexibility index (Phi) is 5.19. The van der Waals surface area contributed by atoms with Crippen molar-refractivity contribution in [2.45, 2.75) is 17.0 Å². The lowest BCUT2D eigenvalue weighted by Crippen LogP contribution is -2.01. The van der Waals surface area contributed by atoms with Gasteiger partial charge in [-0.3, -0.25) is 0 Å². The van der Waals surface area contributed by atoms with E-state index in [1.165, 1.54) is 11.1 Å². The Morgan fingerprint density at radius 3 is 2.57 bits per heavy atom. The fourth-order valence-electron chi connectivity index (χ4n) is 1.22. The van der Waals surface area contributed by atoms with Gasteiger partial charge in [-0.25, -0.2) is 0 Å². The van der Waals surface area contributed by atoms with Crippen molar-refractivity contribution in [2.75, 3.05) is 7.11 Å². The Hall–Kier alpha value is -0.350. The Morgan fingerprint density at radius 1 is 1.43 bits per heavy atom. The molecule has 0 aliphatic carbocycles. The van der Waals surface area contributed by atoms with Crippen LogP contribution in [0, 0.1) is 0 Å². The van der Waals surface area contributed by atoms with Crippen molar-refractivity contribution in [3.05, 3.63) is 42.0 Å². The maximum absolute atomic E-state index is 5.19. The van der Waals surface area contributed by atoms with E-state index in [0.717, 1.165) is 12.8 Å². The van der Waals surface area contributed by atoms with Gasteiger partial charge in [0.2, 0.25) is 0 Å². The minimum absolute atomic E-state index is 0.312. The number of hydrogen-bond acceptors (Lipinski definition) is 1. The maximum Gasteiger partial charge on any atom is 0.108 e. The molecular formula is C12H15IO. The summed E-state index contributed by atoms with van der Waals surface area (Å²) in [4.78, 5) is 0. The highest BCUT2D eigenvalue weighted by Crippen LogP contribution is 2.13. The quantitative estimate of drug-likeness (QED) is 0.595. The van der Waals surface area contributed by atoms with Crippen molar-refractivity contribution < 1.29 is 4.74 Å². The van der Waals surface area contributed by atoms with E-state index in [4.69, 9.17) is 4.74 Å². The summed E-state index contributed by atoms with van der Waals surface area (Å²) in [5.41, 5.74) is 2.53. The number of alkyl halides is 1. The first-order valence-electron chi connectivity index (χ1n) is 4.64. The molecule has 0 amide bonds. The number of halogens is 1. The molecule has 1 nitrogen and oxygen atoms in total. The average molecular weight is 302 g/mol. The molecule has 0 fully saturated rings. The van der Waals surface area contributed by atoms with Crippen molar-refractivity contribution in [1.82, 2.24) is 0 Å². The first-order valence-corrected chi connectivity index (χ1v) is 5.89. The zero-order chi connectivity index (χ0) is 10.4. The second-order valence-corrected chi connectivity index (χ2v) is 4.52. The van der Waals surface area contributed by atoms with E-state index < -0.39 is 0 Å². The lowest BCUT2D eigenvalue weighted by atomic mass is 10.1. The van der Waals surface area contributed by atoms with Gasteiger partial charge in [0, 0.05) is 7.11 Å². The van der Waals surface area contributed by atoms with Gasteiger partial charge in [0.05, 0.1) is 0 Å². The molecule has 0 heterocycles. The van der Waals surface area contributed by atoms with Crippen molar-refractivity contribution in [3.63, 3.8) is 0 Å². The van der Waals surface area contributed by atoms with E-state index >= 15 is 0 Å². The Labute approximate surface area is 99.3 Å². The van der Waals surface area contributed by atoms with Gasteiger partial charge in [-0.15, -0.1) is 0 Å². The molecule has 0 aliphatic rings. The van der Waals surface area contributed by atoms with Crippen LogP contribution in [0.1, 0.15) is 17.5 Å². The molecule has 76 valence electrons. The molecule has 0 aliphatic heterocycles. The van der Waals surface area contributed by atoms with Crippen molar-refractivity contribution in [2.24, 2.45) is 0 Å². The lowest BCUT2D eigenvalue weighted by Gasteiger charge is -2.07. The zero-order valence-corrected chi connectivity index (χ0v) is 10.5. The molecule has 0 N–H and O–H groups in total. The highest BCUT2D eigenvalue weighted by atomic mass is 127. The number of aryl methyl sites for hydroxylation is 1. The minimum Gasteiger partial charge on any atom is -0.371 e. The summed E-state index contributed by atoms with van der Waals surface area (Å²) in [6, 6.07) is 8.49. The third-order valence-corrected chi connectivity index (χ3v) is 3.26. The van der Waals surface area contributed by atoms with Gasteiger partial charge in [-0.05, 0) is 24.0 Å². The minimum atomic E-state index is 0.312. The zero-order valence-electron chi connectivity index (χ0n) is 8.37. The summed E-state index contributed by atoms with van der Waals surface area (Å²) in [6.07, 6.45) is 3.99. The van der Waals surface area contributed by atoms with Gasteiger partial charge >= 0.3 is 0 Å². The summed E-state index contributed by atoms with van der Waals surface area (Å²) in [5, 5.41) is 0. The second-order valence-electron chi connectivity index (χ2n) is 3.13. The van der Waals surface area contributed by atoms with Crippen LogP contribution in [0.15, 0.2) is 30.8 Å². The summed E-state index contributed by atoms with van der Waals surface area (Å²) >= 11 is 2.31. The van der Waals surface area contributed by atoms with Crippen LogP contribution in [0.2, 0.25) is 0 Å². The highest BCUT2D eigenvalue weighted by Gasteiger charge is 2.01. The van der Waals surface area contributed by atoms with E-state index in [1.807, 2.05) is 6.08 Å². The molecular weight excluding hydrogens is 287 g/mol. The molecule has 0 bridgehead atoms. The van der Waals surface area contributed by atoms with Crippen LogP contribution in [-0.4, -0.2) is 11.2 Å². The van der Waals surface area contributed by atoms with Crippen molar-refractivity contribution in [1.29, 1.82) is 0 Å². The lowest BCUT2D eigenvalue weighted by molar-refractivity contribution is 0.179. The molecule has 0 aromatic heterocycles. The topological polar surface area (TPSA) is 9.23 Å². The predicted molar refractivity (Wildman–Crippen MR) is 69.7 cm³/mol. The molecule has 2 heteroatoms. The van der Waals surface area contributed by atoms with Crippen LogP contribution in [0.4, 0.5) is 0 Å². The number of rotatable bonds is 5. The molecule has 1 unspecified atom stereocenters. The van der Waals surface area contributed by atoms with Gasteiger partial charge in [0.25, 0.3) is 0 Å². The number of methoxy groups -OCH3 is 1. The van der Waals surface area contributed by atoms with Crippen LogP contribution in [0.3, 0.4) is 0 Å². The predicted octanol–water partition coefficient (Wildman–Crippen LogP) is 3.67. The van der Waals surface area contributed by atoms with E-state index in [-0.39, 0.29) is 0 Å². The molecule has 1 aromatic carbocycles. The molecule has 1 aromatic rings. The SMILES string of the molecule is C=Cc1ccc(CCC(I)OC)cc1. The van der Waals surface area contributed by atoms with Gasteiger partial charge in [-0.1, -0.05) is 59.5 Å². The van der Waals surface area contributed by atoms with E-state index in [9.17, 15) is 0 Å². The molecule has 0 saturated carbocycles. The van der Waals surface area contributed by atoms with E-state index in [2.05, 4.69) is 53.4 Å². The summed E-state index contributed by atoms with van der Waals surface area (Å²) in [6.45, 7) is 3.73. The van der Waals surface area contributed by atoms with Gasteiger partial charge < -0.3 is 4.74 Å². The average Bonchev–Trinajstić information content (AvgIpc) is 2.26. The van der Waals surface area contributed by atoms with E-state index in [1.54, 1.807) is 7.11 Å². The summed E-state index contributed by atoms with van der Waals surface area (Å²) < 4.78 is 5.50. The maximum atomic E-state index is 5.19. The standard InChI is InChI=1S/C12H15IO/c1-3-10-4-6-11(7-5-10)8-9-12(13)14-2/h3-7,12H,1,8-9H2,2H3. The van der Waals surface area contributed by atoms with Crippen molar-refractivity contribution in [3.8, 4) is 0 Å². The Balaban J connectivity index is 2.47. The van der Waals surface area contributed by atoms with Crippen LogP contribution in [0.5, 0.6) is 0 Å². The van der Waals surface area contributed by atoms with Gasteiger partial charge in [0.15, 0.2) is 0 Å². The number of ether oxygens (including phenoxy) is 1.